The lowest BCUT2D eigenvalue weighted by Crippen LogP contribution is -2.64. The Morgan fingerprint density at radius 1 is 0.917 bits per heavy atom. The number of aliphatic hydroxyl groups is 2. The fraction of sp³-hybridized carbons (Fsp3) is 1.00. The highest BCUT2D eigenvalue weighted by molar-refractivity contribution is 5.12. The fourth-order valence-corrected chi connectivity index (χ4v) is 3.16. The van der Waals surface area contributed by atoms with E-state index in [9.17, 15) is 10.2 Å². The minimum absolute atomic E-state index is 0.0694. The summed E-state index contributed by atoms with van der Waals surface area (Å²) in [6, 6.07) is 0. The van der Waals surface area contributed by atoms with Crippen molar-refractivity contribution in [2.24, 2.45) is 16.2 Å². The summed E-state index contributed by atoms with van der Waals surface area (Å²) in [4.78, 5) is 0. The molecule has 1 fully saturated rings. The molecule has 2 heteroatoms. The molecule has 0 spiro atoms. The van der Waals surface area contributed by atoms with E-state index in [0.29, 0.717) is 0 Å². The molecule has 1 aliphatic carbocycles. The molecule has 0 unspecified atom stereocenters. The van der Waals surface area contributed by atoms with Crippen molar-refractivity contribution in [2.45, 2.75) is 34.1 Å². The van der Waals surface area contributed by atoms with Crippen LogP contribution in [0.2, 0.25) is 0 Å². The third kappa shape index (κ3) is 0.882. The van der Waals surface area contributed by atoms with Gasteiger partial charge in [0.15, 0.2) is 0 Å². The number of hydrogen-bond acceptors (Lipinski definition) is 2. The van der Waals surface area contributed by atoms with Gasteiger partial charge in [-0.1, -0.05) is 27.7 Å². The van der Waals surface area contributed by atoms with E-state index in [4.69, 9.17) is 0 Å². The van der Waals surface area contributed by atoms with Gasteiger partial charge in [0.1, 0.15) is 0 Å². The van der Waals surface area contributed by atoms with Crippen molar-refractivity contribution in [1.82, 2.24) is 0 Å². The Balaban J connectivity index is 2.96. The third-order valence-electron chi connectivity index (χ3n) is 4.01. The molecule has 72 valence electrons. The molecule has 1 rings (SSSR count). The second-order valence-corrected chi connectivity index (χ2v) is 5.34. The topological polar surface area (TPSA) is 40.5 Å². The van der Waals surface area contributed by atoms with Crippen molar-refractivity contribution in [3.63, 3.8) is 0 Å². The van der Waals surface area contributed by atoms with Crippen molar-refractivity contribution < 1.29 is 10.2 Å². The average Bonchev–Trinajstić information content (AvgIpc) is 1.85. The molecule has 0 aromatic heterocycles. The van der Waals surface area contributed by atoms with Crippen molar-refractivity contribution in [1.29, 1.82) is 0 Å². The largest absolute Gasteiger partial charge is 0.396 e. The molecule has 2 N–H and O–H groups in total. The Morgan fingerprint density at radius 3 is 1.33 bits per heavy atom. The minimum Gasteiger partial charge on any atom is -0.396 e. The van der Waals surface area contributed by atoms with Gasteiger partial charge in [-0.15, -0.1) is 0 Å². The van der Waals surface area contributed by atoms with Crippen LogP contribution in [0.1, 0.15) is 34.1 Å². The molecule has 0 amide bonds. The Kier molecular flexibility index (Phi) is 2.05. The summed E-state index contributed by atoms with van der Waals surface area (Å²) in [5, 5.41) is 18.7. The van der Waals surface area contributed by atoms with Crippen LogP contribution in [0.4, 0.5) is 0 Å². The first-order chi connectivity index (χ1) is 5.33. The highest BCUT2D eigenvalue weighted by Crippen LogP contribution is 2.67. The summed E-state index contributed by atoms with van der Waals surface area (Å²) < 4.78 is 0. The van der Waals surface area contributed by atoms with Gasteiger partial charge in [-0.05, 0) is 17.3 Å². The fourth-order valence-electron chi connectivity index (χ4n) is 3.16. The molecule has 0 radical (unpaired) electrons. The molecule has 0 heterocycles. The second kappa shape index (κ2) is 2.46. The van der Waals surface area contributed by atoms with E-state index in [1.807, 2.05) is 0 Å². The van der Waals surface area contributed by atoms with Crippen LogP contribution in [0.25, 0.3) is 0 Å². The van der Waals surface area contributed by atoms with E-state index >= 15 is 0 Å². The van der Waals surface area contributed by atoms with Crippen molar-refractivity contribution in [3.8, 4) is 0 Å². The average molecular weight is 172 g/mol. The summed E-state index contributed by atoms with van der Waals surface area (Å²) in [6.45, 7) is 8.64. The van der Waals surface area contributed by atoms with E-state index < -0.39 is 0 Å². The van der Waals surface area contributed by atoms with E-state index in [1.54, 1.807) is 0 Å². The second-order valence-electron chi connectivity index (χ2n) is 5.34. The van der Waals surface area contributed by atoms with Crippen LogP contribution < -0.4 is 0 Å². The van der Waals surface area contributed by atoms with Gasteiger partial charge in [-0.25, -0.2) is 0 Å². The molecule has 1 aliphatic rings. The molecule has 2 nitrogen and oxygen atoms in total. The van der Waals surface area contributed by atoms with E-state index in [-0.39, 0.29) is 29.5 Å². The molecule has 1 saturated carbocycles. The van der Waals surface area contributed by atoms with Gasteiger partial charge in [0.2, 0.25) is 0 Å². The summed E-state index contributed by atoms with van der Waals surface area (Å²) in [7, 11) is 0. The standard InChI is InChI=1S/C10H20O2/c1-8(2)5-9(3,4)10(8,6-11)7-12/h11-12H,5-7H2,1-4H3. The maximum atomic E-state index is 9.35. The van der Waals surface area contributed by atoms with Crippen LogP contribution in [0.15, 0.2) is 0 Å². The zero-order valence-electron chi connectivity index (χ0n) is 8.52. The Labute approximate surface area is 74.6 Å². The van der Waals surface area contributed by atoms with Crippen LogP contribution in [-0.2, 0) is 0 Å². The van der Waals surface area contributed by atoms with E-state index in [0.717, 1.165) is 6.42 Å². The first-order valence-electron chi connectivity index (χ1n) is 4.55. The highest BCUT2D eigenvalue weighted by Gasteiger charge is 2.64. The van der Waals surface area contributed by atoms with Gasteiger partial charge in [0.25, 0.3) is 0 Å². The Bertz CT molecular complexity index is 162. The van der Waals surface area contributed by atoms with Crippen LogP contribution in [0, 0.1) is 16.2 Å². The monoisotopic (exact) mass is 172 g/mol. The lowest BCUT2D eigenvalue weighted by molar-refractivity contribution is -0.225. The predicted octanol–water partition coefficient (Wildman–Crippen LogP) is 1.41. The van der Waals surface area contributed by atoms with E-state index in [2.05, 4.69) is 27.7 Å². The smallest absolute Gasteiger partial charge is 0.0519 e. The highest BCUT2D eigenvalue weighted by atomic mass is 16.3. The normalized spacial score (nSPS) is 29.5. The summed E-state index contributed by atoms with van der Waals surface area (Å²) in [5.41, 5.74) is -0.153. The summed E-state index contributed by atoms with van der Waals surface area (Å²) in [6.07, 6.45) is 1.07. The maximum Gasteiger partial charge on any atom is 0.0519 e. The lowest BCUT2D eigenvalue weighted by Gasteiger charge is -2.66. The Hall–Kier alpha value is -0.0800. The number of aliphatic hydroxyl groups excluding tert-OH is 2. The van der Waals surface area contributed by atoms with Crippen LogP contribution >= 0.6 is 0 Å². The van der Waals surface area contributed by atoms with Gasteiger partial charge in [-0.2, -0.15) is 0 Å². The van der Waals surface area contributed by atoms with Crippen molar-refractivity contribution in [3.05, 3.63) is 0 Å². The quantitative estimate of drug-likeness (QED) is 0.661. The molecule has 0 aromatic carbocycles. The van der Waals surface area contributed by atoms with Crippen LogP contribution in [-0.4, -0.2) is 23.4 Å². The first kappa shape index (κ1) is 10.0. The van der Waals surface area contributed by atoms with Crippen molar-refractivity contribution in [2.75, 3.05) is 13.2 Å². The summed E-state index contributed by atoms with van der Waals surface area (Å²) >= 11 is 0. The summed E-state index contributed by atoms with van der Waals surface area (Å²) in [5.74, 6) is 0. The Morgan fingerprint density at radius 2 is 1.25 bits per heavy atom. The van der Waals surface area contributed by atoms with Gasteiger partial charge < -0.3 is 10.2 Å². The zero-order chi connectivity index (χ0) is 9.62. The molecule has 0 aliphatic heterocycles. The molecule has 0 atom stereocenters. The molecular formula is C10H20O2. The van der Waals surface area contributed by atoms with Gasteiger partial charge in [-0.3, -0.25) is 0 Å². The predicted molar refractivity (Wildman–Crippen MR) is 48.8 cm³/mol. The third-order valence-corrected chi connectivity index (χ3v) is 4.01. The van der Waals surface area contributed by atoms with E-state index in [1.165, 1.54) is 0 Å². The lowest BCUT2D eigenvalue weighted by atomic mass is 9.39. The van der Waals surface area contributed by atoms with Crippen LogP contribution in [0.5, 0.6) is 0 Å². The van der Waals surface area contributed by atoms with Gasteiger partial charge >= 0.3 is 0 Å². The van der Waals surface area contributed by atoms with Gasteiger partial charge in [0.05, 0.1) is 13.2 Å². The zero-order valence-corrected chi connectivity index (χ0v) is 8.52. The minimum atomic E-state index is -0.292. The van der Waals surface area contributed by atoms with Crippen LogP contribution in [0.3, 0.4) is 0 Å². The number of hydrogen-bond donors (Lipinski definition) is 2. The number of rotatable bonds is 2. The van der Waals surface area contributed by atoms with Gasteiger partial charge in [0, 0.05) is 5.41 Å². The first-order valence-corrected chi connectivity index (χ1v) is 4.55. The molecule has 0 bridgehead atoms. The maximum absolute atomic E-state index is 9.35. The molecule has 0 aromatic rings. The van der Waals surface area contributed by atoms with Crippen molar-refractivity contribution >= 4 is 0 Å². The molecular weight excluding hydrogens is 152 g/mol. The molecule has 12 heavy (non-hydrogen) atoms. The molecule has 0 saturated heterocycles. The SMILES string of the molecule is CC1(C)CC(C)(C)C1(CO)CO.